The first-order chi connectivity index (χ1) is 7.58. The molecule has 0 bridgehead atoms. The summed E-state index contributed by atoms with van der Waals surface area (Å²) in [6.45, 7) is 6.61. The van der Waals surface area contributed by atoms with Crippen LogP contribution >= 0.6 is 11.6 Å². The topological polar surface area (TPSA) is 21.3 Å². The summed E-state index contributed by atoms with van der Waals surface area (Å²) in [6.07, 6.45) is 1.10. The monoisotopic (exact) mass is 241 g/mol. The number of methoxy groups -OCH3 is 1. The van der Waals surface area contributed by atoms with Crippen LogP contribution in [0, 0.1) is 5.92 Å². The summed E-state index contributed by atoms with van der Waals surface area (Å²) in [4.78, 5) is 0. The van der Waals surface area contributed by atoms with E-state index in [2.05, 4.69) is 26.1 Å². The minimum Gasteiger partial charge on any atom is -0.495 e. The van der Waals surface area contributed by atoms with Crippen molar-refractivity contribution in [3.63, 3.8) is 0 Å². The lowest BCUT2D eigenvalue weighted by Crippen LogP contribution is -2.24. The maximum absolute atomic E-state index is 6.07. The molecule has 0 saturated carbocycles. The Kier molecular flexibility index (Phi) is 4.94. The highest BCUT2D eigenvalue weighted by Gasteiger charge is 2.11. The van der Waals surface area contributed by atoms with Crippen LogP contribution in [0.2, 0.25) is 5.02 Å². The molecule has 0 aliphatic heterocycles. The minimum atomic E-state index is 0.476. The van der Waals surface area contributed by atoms with Crippen LogP contribution < -0.4 is 10.1 Å². The van der Waals surface area contributed by atoms with Crippen molar-refractivity contribution in [3.05, 3.63) is 23.2 Å². The van der Waals surface area contributed by atoms with Crippen LogP contribution in [-0.4, -0.2) is 13.2 Å². The maximum atomic E-state index is 6.07. The van der Waals surface area contributed by atoms with E-state index in [1.54, 1.807) is 7.11 Å². The minimum absolute atomic E-state index is 0.476. The highest BCUT2D eigenvalue weighted by molar-refractivity contribution is 6.32. The quantitative estimate of drug-likeness (QED) is 0.835. The van der Waals surface area contributed by atoms with Crippen molar-refractivity contribution in [2.75, 3.05) is 12.4 Å². The van der Waals surface area contributed by atoms with Gasteiger partial charge in [0.25, 0.3) is 0 Å². The molecule has 0 amide bonds. The van der Waals surface area contributed by atoms with Gasteiger partial charge < -0.3 is 10.1 Å². The second kappa shape index (κ2) is 6.00. The highest BCUT2D eigenvalue weighted by atomic mass is 35.5. The molecule has 1 aromatic carbocycles. The molecule has 1 aromatic rings. The summed E-state index contributed by atoms with van der Waals surface area (Å²) < 4.78 is 5.12. The second-order valence-electron chi connectivity index (χ2n) is 4.25. The fourth-order valence-corrected chi connectivity index (χ4v) is 1.97. The molecule has 0 heterocycles. The van der Waals surface area contributed by atoms with Gasteiger partial charge in [0.05, 0.1) is 12.1 Å². The van der Waals surface area contributed by atoms with Crippen LogP contribution in [0.3, 0.4) is 0 Å². The van der Waals surface area contributed by atoms with E-state index >= 15 is 0 Å². The fourth-order valence-electron chi connectivity index (χ4n) is 1.71. The lowest BCUT2D eigenvalue weighted by Gasteiger charge is -2.22. The molecule has 1 atom stereocenters. The highest BCUT2D eigenvalue weighted by Crippen LogP contribution is 2.28. The van der Waals surface area contributed by atoms with E-state index in [9.17, 15) is 0 Å². The van der Waals surface area contributed by atoms with Crippen molar-refractivity contribution < 1.29 is 4.74 Å². The van der Waals surface area contributed by atoms with Gasteiger partial charge in [-0.3, -0.25) is 0 Å². The van der Waals surface area contributed by atoms with Crippen LogP contribution in [0.15, 0.2) is 18.2 Å². The normalized spacial score (nSPS) is 12.6. The molecule has 3 heteroatoms. The standard InChI is InChI=1S/C13H20ClNO/c1-5-12(9(2)3)15-10-6-7-13(16-4)11(14)8-10/h6-9,12,15H,5H2,1-4H3. The molecule has 0 aliphatic carbocycles. The fraction of sp³-hybridized carbons (Fsp3) is 0.538. The van der Waals surface area contributed by atoms with E-state index < -0.39 is 0 Å². The Balaban J connectivity index is 2.78. The first-order valence-corrected chi connectivity index (χ1v) is 6.06. The summed E-state index contributed by atoms with van der Waals surface area (Å²) in [6, 6.07) is 6.27. The van der Waals surface area contributed by atoms with E-state index in [4.69, 9.17) is 16.3 Å². The Hall–Kier alpha value is -0.890. The van der Waals surface area contributed by atoms with Gasteiger partial charge in [0, 0.05) is 11.7 Å². The Morgan fingerprint density at radius 1 is 1.38 bits per heavy atom. The van der Waals surface area contributed by atoms with Gasteiger partial charge in [0.2, 0.25) is 0 Å². The molecule has 0 aliphatic rings. The number of ether oxygens (including phenoxy) is 1. The van der Waals surface area contributed by atoms with Crippen LogP contribution in [0.25, 0.3) is 0 Å². The van der Waals surface area contributed by atoms with Crippen LogP contribution in [0.4, 0.5) is 5.69 Å². The molecule has 2 nitrogen and oxygen atoms in total. The van der Waals surface area contributed by atoms with Gasteiger partial charge in [-0.2, -0.15) is 0 Å². The third-order valence-electron chi connectivity index (χ3n) is 2.75. The molecule has 1 unspecified atom stereocenters. The summed E-state index contributed by atoms with van der Waals surface area (Å²) in [7, 11) is 1.62. The number of hydrogen-bond acceptors (Lipinski definition) is 2. The van der Waals surface area contributed by atoms with E-state index in [-0.39, 0.29) is 0 Å². The van der Waals surface area contributed by atoms with E-state index in [1.807, 2.05) is 18.2 Å². The van der Waals surface area contributed by atoms with Gasteiger partial charge in [0.1, 0.15) is 5.75 Å². The van der Waals surface area contributed by atoms with Crippen LogP contribution in [-0.2, 0) is 0 Å². The number of hydrogen-bond donors (Lipinski definition) is 1. The predicted octanol–water partition coefficient (Wildman–Crippen LogP) is 4.20. The number of benzene rings is 1. The zero-order chi connectivity index (χ0) is 12.1. The molecular weight excluding hydrogens is 222 g/mol. The summed E-state index contributed by atoms with van der Waals surface area (Å²) in [5.41, 5.74) is 1.05. The Bertz CT molecular complexity index is 339. The molecule has 0 spiro atoms. The molecule has 0 saturated heterocycles. The molecule has 1 rings (SSSR count). The van der Waals surface area contributed by atoms with Crippen molar-refractivity contribution in [1.29, 1.82) is 0 Å². The van der Waals surface area contributed by atoms with E-state index in [1.165, 1.54) is 0 Å². The Morgan fingerprint density at radius 3 is 2.50 bits per heavy atom. The van der Waals surface area contributed by atoms with Gasteiger partial charge in [-0.1, -0.05) is 32.4 Å². The molecule has 16 heavy (non-hydrogen) atoms. The first-order valence-electron chi connectivity index (χ1n) is 5.68. The third-order valence-corrected chi connectivity index (χ3v) is 3.04. The zero-order valence-electron chi connectivity index (χ0n) is 10.4. The van der Waals surface area contributed by atoms with E-state index in [0.29, 0.717) is 22.7 Å². The number of halogens is 1. The third kappa shape index (κ3) is 3.31. The largest absolute Gasteiger partial charge is 0.495 e. The molecular formula is C13H20ClNO. The van der Waals surface area contributed by atoms with Gasteiger partial charge in [-0.15, -0.1) is 0 Å². The molecule has 0 radical (unpaired) electrons. The first kappa shape index (κ1) is 13.2. The van der Waals surface area contributed by atoms with Gasteiger partial charge in [-0.05, 0) is 30.5 Å². The second-order valence-corrected chi connectivity index (χ2v) is 4.66. The lowest BCUT2D eigenvalue weighted by molar-refractivity contribution is 0.415. The predicted molar refractivity (Wildman–Crippen MR) is 70.5 cm³/mol. The van der Waals surface area contributed by atoms with Crippen LogP contribution in [0.5, 0.6) is 5.75 Å². The zero-order valence-corrected chi connectivity index (χ0v) is 11.1. The lowest BCUT2D eigenvalue weighted by atomic mass is 10.0. The van der Waals surface area contributed by atoms with Crippen molar-refractivity contribution in [2.45, 2.75) is 33.2 Å². The van der Waals surface area contributed by atoms with Gasteiger partial charge >= 0.3 is 0 Å². The number of nitrogens with one attached hydrogen (secondary N) is 1. The van der Waals surface area contributed by atoms with Crippen molar-refractivity contribution in [2.24, 2.45) is 5.92 Å². The van der Waals surface area contributed by atoms with Crippen molar-refractivity contribution in [3.8, 4) is 5.75 Å². The van der Waals surface area contributed by atoms with Gasteiger partial charge in [-0.25, -0.2) is 0 Å². The van der Waals surface area contributed by atoms with Gasteiger partial charge in [0.15, 0.2) is 0 Å². The molecule has 0 aromatic heterocycles. The average Bonchev–Trinajstić information content (AvgIpc) is 2.25. The smallest absolute Gasteiger partial charge is 0.137 e. The number of rotatable bonds is 5. The number of anilines is 1. The van der Waals surface area contributed by atoms with Crippen molar-refractivity contribution in [1.82, 2.24) is 0 Å². The molecule has 0 fully saturated rings. The van der Waals surface area contributed by atoms with Crippen LogP contribution in [0.1, 0.15) is 27.2 Å². The Labute approximate surface area is 103 Å². The molecule has 1 N–H and O–H groups in total. The summed E-state index contributed by atoms with van der Waals surface area (Å²) >= 11 is 6.07. The summed E-state index contributed by atoms with van der Waals surface area (Å²) in [5.74, 6) is 1.32. The Morgan fingerprint density at radius 2 is 2.06 bits per heavy atom. The van der Waals surface area contributed by atoms with E-state index in [0.717, 1.165) is 12.1 Å². The average molecular weight is 242 g/mol. The summed E-state index contributed by atoms with van der Waals surface area (Å²) in [5, 5.41) is 4.12. The SMILES string of the molecule is CCC(Nc1ccc(OC)c(Cl)c1)C(C)C. The maximum Gasteiger partial charge on any atom is 0.137 e. The molecule has 90 valence electrons. The van der Waals surface area contributed by atoms with Crippen molar-refractivity contribution >= 4 is 17.3 Å².